The molecule has 0 atom stereocenters. The first kappa shape index (κ1) is 17.6. The number of hydrogen-bond acceptors (Lipinski definition) is 5. The zero-order valence-corrected chi connectivity index (χ0v) is 8.69. The van der Waals surface area contributed by atoms with Gasteiger partial charge in [0.2, 0.25) is 0 Å². The molecule has 0 fully saturated rings. The summed E-state index contributed by atoms with van der Waals surface area (Å²) >= 11 is 0. The zero-order chi connectivity index (χ0) is 7.11. The van der Waals surface area contributed by atoms with Crippen LogP contribution in [0.5, 0.6) is 0 Å². The topological polar surface area (TPSA) is 122 Å². The largest absolute Gasteiger partial charge is 2.00 e. The van der Waals surface area contributed by atoms with Crippen LogP contribution in [-0.2, 0) is 4.57 Å². The number of quaternary nitrogens is 1. The molecule has 0 aliphatic carbocycles. The Morgan fingerprint density at radius 3 is 2.00 bits per heavy atom. The van der Waals surface area contributed by atoms with Crippen LogP contribution in [0, 0.1) is 0 Å². The summed E-state index contributed by atoms with van der Waals surface area (Å²) in [6, 6.07) is 0. The molecule has 58 valence electrons. The van der Waals surface area contributed by atoms with E-state index in [4.69, 9.17) is 14.4 Å². The van der Waals surface area contributed by atoms with E-state index in [1.165, 1.54) is 0 Å². The minimum atomic E-state index is -3.37. The molecule has 1 aliphatic heterocycles. The maximum Gasteiger partial charge on any atom is 2.00 e. The van der Waals surface area contributed by atoms with Crippen molar-refractivity contribution in [1.82, 2.24) is 0 Å². The molecule has 0 aromatic carbocycles. The summed E-state index contributed by atoms with van der Waals surface area (Å²) in [5, 5.41) is 1.89. The molecule has 3 N–H and O–H groups in total. The van der Waals surface area contributed by atoms with Gasteiger partial charge in [-0.05, 0) is 0 Å². The Hall–Kier alpha value is 0.610. The molecule has 0 spiro atoms. The predicted octanol–water partition coefficient (Wildman–Crippen LogP) is -3.13. The quantitative estimate of drug-likeness (QED) is 0.331. The summed E-state index contributed by atoms with van der Waals surface area (Å²) in [4.78, 5) is 20.7. The first-order valence-electron chi connectivity index (χ1n) is 2.06. The van der Waals surface area contributed by atoms with E-state index >= 15 is 0 Å². The molecule has 11 heavy (non-hydrogen) atoms. The Kier molecular flexibility index (Phi) is 21.2. The second-order valence-corrected chi connectivity index (χ2v) is 1.50. The number of rotatable bonds is 0. The van der Waals surface area contributed by atoms with Crippen LogP contribution in [0.1, 0.15) is 0 Å². The Labute approximate surface area is 94.3 Å². The summed E-state index contributed by atoms with van der Waals surface area (Å²) in [7, 11) is -3.37. The molecule has 1 aliphatic rings. The molecular formula is C3H6CaN2O4P+. The fourth-order valence-corrected chi connectivity index (χ4v) is 0.248. The van der Waals surface area contributed by atoms with Crippen LogP contribution in [0.15, 0.2) is 17.4 Å². The van der Waals surface area contributed by atoms with Gasteiger partial charge in [0.15, 0.2) is 6.34 Å². The van der Waals surface area contributed by atoms with Crippen molar-refractivity contribution >= 4 is 52.3 Å². The maximum atomic E-state index is 8.48. The standard InChI is InChI=1S/C3H4N2.Ca.HO3P.H2O/c1-2-5-3-4-1;;1-4(2)3;/h1-3H,(H,4,5);;(H,1,2,3);1H2/q;+2;;/p-1. The number of nitrogens with zero attached hydrogens (tertiary/aromatic N) is 1. The van der Waals surface area contributed by atoms with Gasteiger partial charge in [0.25, 0.3) is 8.25 Å². The Morgan fingerprint density at radius 2 is 1.91 bits per heavy atom. The number of aliphatic imine (C=N–C) groups is 1. The van der Waals surface area contributed by atoms with Crippen molar-refractivity contribution in [3.05, 3.63) is 12.4 Å². The Morgan fingerprint density at radius 1 is 1.45 bits per heavy atom. The summed E-state index contributed by atoms with van der Waals surface area (Å²) in [6.07, 6.45) is 5.39. The second kappa shape index (κ2) is 13.2. The van der Waals surface area contributed by atoms with Crippen molar-refractivity contribution in [2.75, 3.05) is 0 Å². The summed E-state index contributed by atoms with van der Waals surface area (Å²) < 4.78 is 8.48. The van der Waals surface area contributed by atoms with Gasteiger partial charge in [-0.15, -0.1) is 0 Å². The monoisotopic (exact) mass is 205 g/mol. The molecule has 0 saturated carbocycles. The van der Waals surface area contributed by atoms with Crippen molar-refractivity contribution < 1.29 is 25.1 Å². The minimum Gasteiger partial charge on any atom is -0.870 e. The Balaban J connectivity index is -0.000000101. The fraction of sp³-hybridized carbons (Fsp3) is 0. The van der Waals surface area contributed by atoms with E-state index in [9.17, 15) is 0 Å². The minimum absolute atomic E-state index is 0. The fourth-order valence-electron chi connectivity index (χ4n) is 0.248. The molecule has 0 amide bonds. The molecule has 0 aromatic heterocycles. The van der Waals surface area contributed by atoms with Crippen LogP contribution < -0.4 is 15.1 Å². The molecule has 8 heteroatoms. The van der Waals surface area contributed by atoms with E-state index in [0.29, 0.717) is 0 Å². The van der Waals surface area contributed by atoms with Gasteiger partial charge >= 0.3 is 37.7 Å². The van der Waals surface area contributed by atoms with E-state index in [2.05, 4.69) is 4.99 Å². The molecule has 0 saturated heterocycles. The van der Waals surface area contributed by atoms with Gasteiger partial charge in [0, 0.05) is 0 Å². The van der Waals surface area contributed by atoms with Gasteiger partial charge in [0.1, 0.15) is 6.20 Å². The summed E-state index contributed by atoms with van der Waals surface area (Å²) in [5.41, 5.74) is 0. The normalized spacial score (nSPS) is 10.4. The van der Waals surface area contributed by atoms with Crippen LogP contribution in [-0.4, -0.2) is 49.6 Å². The maximum absolute atomic E-state index is 8.48. The molecule has 6 nitrogen and oxygen atoms in total. The van der Waals surface area contributed by atoms with Crippen LogP contribution in [0.25, 0.3) is 0 Å². The van der Waals surface area contributed by atoms with E-state index in [1.807, 2.05) is 11.5 Å². The molecule has 1 heterocycles. The Bertz CT molecular complexity index is 136. The van der Waals surface area contributed by atoms with Gasteiger partial charge in [-0.2, -0.15) is 0 Å². The summed E-state index contributed by atoms with van der Waals surface area (Å²) in [6.45, 7) is 0. The van der Waals surface area contributed by atoms with E-state index in [0.717, 1.165) is 0 Å². The van der Waals surface area contributed by atoms with Crippen molar-refractivity contribution in [1.29, 1.82) is 0 Å². The summed E-state index contributed by atoms with van der Waals surface area (Å²) in [5.74, 6) is 0. The third kappa shape index (κ3) is 25.0. The van der Waals surface area contributed by atoms with Crippen molar-refractivity contribution in [2.24, 2.45) is 4.99 Å². The molecule has 0 aromatic rings. The van der Waals surface area contributed by atoms with E-state index in [-0.39, 0.29) is 43.2 Å². The van der Waals surface area contributed by atoms with Crippen LogP contribution in [0.3, 0.4) is 0 Å². The van der Waals surface area contributed by atoms with Crippen LogP contribution in [0.4, 0.5) is 0 Å². The van der Waals surface area contributed by atoms with Gasteiger partial charge < -0.3 is 15.3 Å². The van der Waals surface area contributed by atoms with Gasteiger partial charge in [0.05, 0.1) is 6.20 Å². The van der Waals surface area contributed by atoms with Crippen molar-refractivity contribution in [3.8, 4) is 0 Å². The third-order valence-electron chi connectivity index (χ3n) is 0.455. The van der Waals surface area contributed by atoms with Crippen molar-refractivity contribution in [3.63, 3.8) is 0 Å². The SMILES string of the molecule is C1=C[NH2+]C=N1.O=[P+]([O-])[O-].[Ca+2].[OH-]. The average molecular weight is 205 g/mol. The molecule has 0 radical (unpaired) electrons. The van der Waals surface area contributed by atoms with E-state index < -0.39 is 8.25 Å². The van der Waals surface area contributed by atoms with Crippen LogP contribution >= 0.6 is 8.25 Å². The van der Waals surface area contributed by atoms with Gasteiger partial charge in [-0.25, -0.2) is 4.99 Å². The average Bonchev–Trinajstić information content (AvgIpc) is 2.11. The smallest absolute Gasteiger partial charge is 0.870 e. The molecule has 1 rings (SSSR count). The molecule has 0 bridgehead atoms. The molecular weight excluding hydrogens is 199 g/mol. The number of hydrogen-bond donors (Lipinski definition) is 1. The van der Waals surface area contributed by atoms with Crippen LogP contribution in [0.2, 0.25) is 0 Å². The zero-order valence-electron chi connectivity index (χ0n) is 5.58. The predicted molar refractivity (Wildman–Crippen MR) is 34.9 cm³/mol. The van der Waals surface area contributed by atoms with Crippen molar-refractivity contribution in [2.45, 2.75) is 0 Å². The van der Waals surface area contributed by atoms with Gasteiger partial charge in [-0.1, -0.05) is 4.57 Å². The first-order chi connectivity index (χ1) is 4.23. The molecule has 0 unspecified atom stereocenters. The first-order valence-corrected chi connectivity index (χ1v) is 3.16. The number of nitrogens with two attached hydrogens (primary N) is 1. The third-order valence-corrected chi connectivity index (χ3v) is 0.455. The van der Waals surface area contributed by atoms with E-state index in [1.54, 1.807) is 12.5 Å². The second-order valence-electron chi connectivity index (χ2n) is 1.06. The van der Waals surface area contributed by atoms with Gasteiger partial charge in [-0.3, -0.25) is 5.32 Å².